The summed E-state index contributed by atoms with van der Waals surface area (Å²) < 4.78 is 5.67. The molecule has 2 N–H and O–H groups in total. The molecular weight excluding hydrogens is 318 g/mol. The summed E-state index contributed by atoms with van der Waals surface area (Å²) in [4.78, 5) is 24.8. The second-order valence-corrected chi connectivity index (χ2v) is 7.80. The van der Waals surface area contributed by atoms with E-state index >= 15 is 0 Å². The zero-order valence-electron chi connectivity index (χ0n) is 15.1. The van der Waals surface area contributed by atoms with Gasteiger partial charge in [0.25, 0.3) is 5.91 Å². The van der Waals surface area contributed by atoms with Crippen LogP contribution in [-0.4, -0.2) is 23.2 Å². The van der Waals surface area contributed by atoms with Crippen LogP contribution < -0.4 is 10.7 Å². The van der Waals surface area contributed by atoms with Crippen molar-refractivity contribution in [3.05, 3.63) is 39.4 Å². The van der Waals surface area contributed by atoms with Crippen molar-refractivity contribution < 1.29 is 14.3 Å². The number of carbonyl (C=O) groups is 1. The van der Waals surface area contributed by atoms with E-state index in [9.17, 15) is 14.7 Å². The normalized spacial score (nSPS) is 24.6. The molecule has 3 rings (SSSR count). The lowest BCUT2D eigenvalue weighted by Crippen LogP contribution is -2.44. The van der Waals surface area contributed by atoms with Crippen molar-refractivity contribution in [2.24, 2.45) is 5.41 Å². The van der Waals surface area contributed by atoms with Crippen LogP contribution in [-0.2, 0) is 6.42 Å². The summed E-state index contributed by atoms with van der Waals surface area (Å²) in [5.41, 5.74) is -0.415. The summed E-state index contributed by atoms with van der Waals surface area (Å²) in [6.45, 7) is 4.39. The van der Waals surface area contributed by atoms with E-state index in [0.29, 0.717) is 30.6 Å². The number of allylic oxidation sites excluding steroid dienone is 1. The van der Waals surface area contributed by atoms with Gasteiger partial charge in [-0.15, -0.1) is 0 Å². The first-order valence-corrected chi connectivity index (χ1v) is 9.21. The summed E-state index contributed by atoms with van der Waals surface area (Å²) in [6, 6.07) is 1.27. The van der Waals surface area contributed by atoms with Crippen molar-refractivity contribution in [1.82, 2.24) is 5.32 Å². The highest BCUT2D eigenvalue weighted by Gasteiger charge is 2.31. The molecule has 5 nitrogen and oxygen atoms in total. The Morgan fingerprint density at radius 1 is 1.32 bits per heavy atom. The molecule has 0 radical (unpaired) electrons. The van der Waals surface area contributed by atoms with Crippen molar-refractivity contribution in [3.8, 4) is 0 Å². The summed E-state index contributed by atoms with van der Waals surface area (Å²) in [6.07, 6.45) is 9.86. The molecule has 1 fully saturated rings. The molecule has 1 aromatic rings. The topological polar surface area (TPSA) is 79.5 Å². The predicted octanol–water partition coefficient (Wildman–Crippen LogP) is 3.05. The molecule has 1 atom stereocenters. The lowest BCUT2D eigenvalue weighted by atomic mass is 9.77. The fourth-order valence-corrected chi connectivity index (χ4v) is 3.66. The van der Waals surface area contributed by atoms with E-state index in [-0.39, 0.29) is 23.1 Å². The van der Waals surface area contributed by atoms with Crippen LogP contribution in [0.3, 0.4) is 0 Å². The maximum atomic E-state index is 12.4. The maximum absolute atomic E-state index is 12.4. The Balaban J connectivity index is 1.75. The third-order valence-electron chi connectivity index (χ3n) is 5.69. The largest absolute Gasteiger partial charge is 0.451 e. The van der Waals surface area contributed by atoms with Crippen molar-refractivity contribution in [2.45, 2.75) is 64.4 Å². The van der Waals surface area contributed by atoms with Gasteiger partial charge in [-0.05, 0) is 37.2 Å². The molecule has 0 saturated heterocycles. The summed E-state index contributed by atoms with van der Waals surface area (Å²) >= 11 is 0. The Morgan fingerprint density at radius 2 is 2.04 bits per heavy atom. The molecule has 0 aromatic carbocycles. The Bertz CT molecular complexity index is 743. The van der Waals surface area contributed by atoms with E-state index in [0.717, 1.165) is 25.7 Å². The molecule has 0 spiro atoms. The number of aliphatic hydroxyl groups is 1. The van der Waals surface area contributed by atoms with Crippen LogP contribution in [0.15, 0.2) is 21.4 Å². The lowest BCUT2D eigenvalue weighted by Gasteiger charge is -2.32. The minimum Gasteiger partial charge on any atom is -0.451 e. The maximum Gasteiger partial charge on any atom is 0.287 e. The van der Waals surface area contributed by atoms with Crippen molar-refractivity contribution in [1.29, 1.82) is 0 Å². The monoisotopic (exact) mass is 345 g/mol. The van der Waals surface area contributed by atoms with Crippen LogP contribution in [0.1, 0.15) is 74.3 Å². The van der Waals surface area contributed by atoms with Gasteiger partial charge in [0.05, 0.1) is 5.60 Å². The third kappa shape index (κ3) is 3.87. The minimum atomic E-state index is -0.842. The van der Waals surface area contributed by atoms with E-state index in [1.165, 1.54) is 6.07 Å². The molecular formula is C20H27NO4. The highest BCUT2D eigenvalue weighted by molar-refractivity contribution is 5.91. The van der Waals surface area contributed by atoms with Gasteiger partial charge >= 0.3 is 0 Å². The van der Waals surface area contributed by atoms with Crippen LogP contribution in [0.5, 0.6) is 0 Å². The fourth-order valence-electron chi connectivity index (χ4n) is 3.66. The number of hydrogen-bond donors (Lipinski definition) is 2. The first kappa shape index (κ1) is 17.9. The fraction of sp³-hybridized carbons (Fsp3) is 0.600. The van der Waals surface area contributed by atoms with Gasteiger partial charge in [0.2, 0.25) is 0 Å². The number of rotatable bonds is 4. The number of nitrogens with one attached hydrogen (secondary N) is 1. The summed E-state index contributed by atoms with van der Waals surface area (Å²) in [5.74, 6) is 0.0315. The van der Waals surface area contributed by atoms with Gasteiger partial charge in [0.15, 0.2) is 11.2 Å². The quantitative estimate of drug-likeness (QED) is 0.879. The van der Waals surface area contributed by atoms with E-state index in [1.54, 1.807) is 6.08 Å². The molecule has 2 aliphatic carbocycles. The molecule has 0 aliphatic heterocycles. The van der Waals surface area contributed by atoms with E-state index < -0.39 is 11.5 Å². The number of amides is 1. The lowest BCUT2D eigenvalue weighted by molar-refractivity contribution is 0.00500. The van der Waals surface area contributed by atoms with Gasteiger partial charge in [0.1, 0.15) is 5.76 Å². The summed E-state index contributed by atoms with van der Waals surface area (Å²) in [7, 11) is 0. The Hall–Kier alpha value is -1.88. The summed E-state index contributed by atoms with van der Waals surface area (Å²) in [5, 5.41) is 13.2. The van der Waals surface area contributed by atoms with Gasteiger partial charge in [-0.2, -0.15) is 0 Å². The number of hydrogen-bond acceptors (Lipinski definition) is 4. The van der Waals surface area contributed by atoms with Crippen LogP contribution in [0.25, 0.3) is 6.08 Å². The smallest absolute Gasteiger partial charge is 0.287 e. The highest BCUT2D eigenvalue weighted by atomic mass is 16.3. The van der Waals surface area contributed by atoms with Crippen molar-refractivity contribution in [2.75, 3.05) is 6.54 Å². The van der Waals surface area contributed by atoms with Gasteiger partial charge in [-0.25, -0.2) is 0 Å². The predicted molar refractivity (Wildman–Crippen MR) is 96.5 cm³/mol. The standard InChI is InChI=1S/C20H27NO4/c1-3-19(2)10-7-16-14(12-19)15(22)11-17(25-16)18(23)21-13-20(24)8-5-4-6-9-20/h7,10-11,24H,3-6,8-9,12-13H2,1-2H3,(H,21,23). The van der Waals surface area contributed by atoms with Crippen molar-refractivity contribution >= 4 is 12.0 Å². The molecule has 2 aliphatic rings. The van der Waals surface area contributed by atoms with E-state index in [2.05, 4.69) is 19.2 Å². The van der Waals surface area contributed by atoms with Crippen LogP contribution in [0, 0.1) is 5.41 Å². The SMILES string of the molecule is CCC1(C)C=Cc2oc(C(=O)NCC3(O)CCCCC3)cc(=O)c2C1. The van der Waals surface area contributed by atoms with E-state index in [1.807, 2.05) is 6.08 Å². The molecule has 5 heteroatoms. The molecule has 25 heavy (non-hydrogen) atoms. The third-order valence-corrected chi connectivity index (χ3v) is 5.69. The van der Waals surface area contributed by atoms with Crippen molar-refractivity contribution in [3.63, 3.8) is 0 Å². The molecule has 1 heterocycles. The van der Waals surface area contributed by atoms with Gasteiger partial charge in [-0.3, -0.25) is 9.59 Å². The van der Waals surface area contributed by atoms with E-state index in [4.69, 9.17) is 4.42 Å². The van der Waals surface area contributed by atoms with Crippen LogP contribution in [0.2, 0.25) is 0 Å². The molecule has 0 bridgehead atoms. The average molecular weight is 345 g/mol. The van der Waals surface area contributed by atoms with Gasteiger partial charge in [-0.1, -0.05) is 39.2 Å². The zero-order chi connectivity index (χ0) is 18.1. The number of fused-ring (bicyclic) bond motifs is 1. The van der Waals surface area contributed by atoms with Crippen LogP contribution in [0.4, 0.5) is 0 Å². The Kier molecular flexibility index (Phi) is 4.87. The minimum absolute atomic E-state index is 0.00732. The molecule has 136 valence electrons. The second-order valence-electron chi connectivity index (χ2n) is 7.80. The Morgan fingerprint density at radius 3 is 2.72 bits per heavy atom. The first-order chi connectivity index (χ1) is 11.8. The average Bonchev–Trinajstić information content (AvgIpc) is 2.61. The second kappa shape index (κ2) is 6.79. The molecule has 1 amide bonds. The van der Waals surface area contributed by atoms with Gasteiger partial charge in [0, 0.05) is 18.2 Å². The first-order valence-electron chi connectivity index (χ1n) is 9.21. The molecule has 1 aromatic heterocycles. The Labute approximate surface area is 148 Å². The van der Waals surface area contributed by atoms with Crippen LogP contribution >= 0.6 is 0 Å². The molecule has 1 saturated carbocycles. The highest BCUT2D eigenvalue weighted by Crippen LogP contribution is 2.33. The zero-order valence-corrected chi connectivity index (χ0v) is 15.1. The van der Waals surface area contributed by atoms with Gasteiger partial charge < -0.3 is 14.8 Å². The number of carbonyl (C=O) groups excluding carboxylic acids is 1. The molecule has 1 unspecified atom stereocenters.